The van der Waals surface area contributed by atoms with Crippen LogP contribution < -0.4 is 10.1 Å². The van der Waals surface area contributed by atoms with Gasteiger partial charge in [-0.05, 0) is 25.0 Å². The number of anilines is 1. The molecule has 0 aliphatic carbocycles. The summed E-state index contributed by atoms with van der Waals surface area (Å²) in [6.45, 7) is 2.88. The molecule has 0 fully saturated rings. The maximum absolute atomic E-state index is 5.65. The van der Waals surface area contributed by atoms with E-state index < -0.39 is 0 Å². The van der Waals surface area contributed by atoms with Gasteiger partial charge in [0.2, 0.25) is 0 Å². The second-order valence-electron chi connectivity index (χ2n) is 3.83. The molecule has 0 aromatic heterocycles. The Morgan fingerprint density at radius 2 is 2.06 bits per heavy atom. The highest BCUT2D eigenvalue weighted by atomic mass is 16.5. The Hall–Kier alpha value is -1.62. The maximum Gasteiger partial charge on any atom is 0.121 e. The Labute approximate surface area is 104 Å². The Balaban J connectivity index is 2.20. The highest BCUT2D eigenvalue weighted by Gasteiger charge is 1.94. The zero-order valence-electron chi connectivity index (χ0n) is 10.8. The van der Waals surface area contributed by atoms with Crippen molar-refractivity contribution in [2.75, 3.05) is 19.0 Å². The Bertz CT molecular complexity index is 376. The van der Waals surface area contributed by atoms with Crippen molar-refractivity contribution in [1.29, 1.82) is 0 Å². The van der Waals surface area contributed by atoms with Gasteiger partial charge in [0.05, 0.1) is 6.61 Å². The lowest BCUT2D eigenvalue weighted by Crippen LogP contribution is -1.97. The number of benzene rings is 1. The molecule has 2 nitrogen and oxygen atoms in total. The van der Waals surface area contributed by atoms with Gasteiger partial charge in [0, 0.05) is 31.6 Å². The number of rotatable bonds is 6. The molecule has 0 aliphatic heterocycles. The summed E-state index contributed by atoms with van der Waals surface area (Å²) in [6, 6.07) is 7.98. The average Bonchev–Trinajstić information content (AvgIpc) is 2.38. The first kappa shape index (κ1) is 13.4. The number of ether oxygens (including phenoxy) is 1. The van der Waals surface area contributed by atoms with Gasteiger partial charge in [-0.2, -0.15) is 0 Å². The van der Waals surface area contributed by atoms with Crippen LogP contribution in [-0.4, -0.2) is 13.7 Å². The lowest BCUT2D eigenvalue weighted by atomic mass is 10.3. The summed E-state index contributed by atoms with van der Waals surface area (Å²) < 4.78 is 5.65. The van der Waals surface area contributed by atoms with E-state index in [4.69, 9.17) is 4.74 Å². The van der Waals surface area contributed by atoms with Gasteiger partial charge in [-0.3, -0.25) is 0 Å². The number of hydrogen-bond donors (Lipinski definition) is 1. The second-order valence-corrected chi connectivity index (χ2v) is 3.83. The van der Waals surface area contributed by atoms with Crippen molar-refractivity contribution in [2.45, 2.75) is 32.6 Å². The summed E-state index contributed by atoms with van der Waals surface area (Å²) >= 11 is 0. The van der Waals surface area contributed by atoms with Crippen molar-refractivity contribution in [2.24, 2.45) is 0 Å². The van der Waals surface area contributed by atoms with Crippen LogP contribution in [0.25, 0.3) is 0 Å². The van der Waals surface area contributed by atoms with Crippen molar-refractivity contribution in [3.05, 3.63) is 24.3 Å². The topological polar surface area (TPSA) is 21.3 Å². The normalized spacial score (nSPS) is 9.29. The molecule has 0 radical (unpaired) electrons. The smallest absolute Gasteiger partial charge is 0.121 e. The minimum atomic E-state index is 0.730. The van der Waals surface area contributed by atoms with Gasteiger partial charge >= 0.3 is 0 Å². The molecule has 0 saturated carbocycles. The van der Waals surface area contributed by atoms with E-state index in [2.05, 4.69) is 24.1 Å². The molecule has 0 unspecified atom stereocenters. The van der Waals surface area contributed by atoms with Crippen molar-refractivity contribution in [3.63, 3.8) is 0 Å². The van der Waals surface area contributed by atoms with E-state index in [0.717, 1.165) is 43.7 Å². The van der Waals surface area contributed by atoms with Gasteiger partial charge in [0.15, 0.2) is 0 Å². The van der Waals surface area contributed by atoms with Crippen molar-refractivity contribution in [3.8, 4) is 17.6 Å². The maximum atomic E-state index is 5.65. The van der Waals surface area contributed by atoms with E-state index in [9.17, 15) is 0 Å². The van der Waals surface area contributed by atoms with Gasteiger partial charge in [-0.25, -0.2) is 0 Å². The third kappa shape index (κ3) is 5.87. The predicted octanol–water partition coefficient (Wildman–Crippen LogP) is 3.69. The molecular weight excluding hydrogens is 210 g/mol. The molecule has 17 heavy (non-hydrogen) atoms. The van der Waals surface area contributed by atoms with Gasteiger partial charge in [0.25, 0.3) is 0 Å². The molecule has 0 amide bonds. The van der Waals surface area contributed by atoms with E-state index in [0.29, 0.717) is 0 Å². The number of hydrogen-bond acceptors (Lipinski definition) is 2. The molecule has 0 atom stereocenters. The molecule has 1 N–H and O–H groups in total. The first-order valence-electron chi connectivity index (χ1n) is 6.23. The first-order valence-corrected chi connectivity index (χ1v) is 6.23. The minimum Gasteiger partial charge on any atom is -0.493 e. The zero-order chi connectivity index (χ0) is 12.3. The van der Waals surface area contributed by atoms with Gasteiger partial charge < -0.3 is 10.1 Å². The first-order chi connectivity index (χ1) is 8.36. The summed E-state index contributed by atoms with van der Waals surface area (Å²) in [7, 11) is 1.91. The molecule has 1 aromatic rings. The van der Waals surface area contributed by atoms with E-state index in [-0.39, 0.29) is 0 Å². The van der Waals surface area contributed by atoms with E-state index in [1.807, 2.05) is 31.3 Å². The SMILES string of the molecule is CCCC#CCCCOc1cccc(NC)c1. The van der Waals surface area contributed by atoms with Gasteiger partial charge in [-0.1, -0.05) is 13.0 Å². The summed E-state index contributed by atoms with van der Waals surface area (Å²) in [5.74, 6) is 7.20. The van der Waals surface area contributed by atoms with Crippen LogP contribution in [0.15, 0.2) is 24.3 Å². The highest BCUT2D eigenvalue weighted by Crippen LogP contribution is 2.16. The van der Waals surface area contributed by atoms with E-state index >= 15 is 0 Å². The summed E-state index contributed by atoms with van der Waals surface area (Å²) in [4.78, 5) is 0. The summed E-state index contributed by atoms with van der Waals surface area (Å²) in [5, 5.41) is 3.09. The van der Waals surface area contributed by atoms with Gasteiger partial charge in [-0.15, -0.1) is 11.8 Å². The molecular formula is C15H21NO. The summed E-state index contributed by atoms with van der Waals surface area (Å²) in [6.07, 6.45) is 4.05. The van der Waals surface area contributed by atoms with E-state index in [1.54, 1.807) is 0 Å². The third-order valence-corrected chi connectivity index (χ3v) is 2.34. The largest absolute Gasteiger partial charge is 0.493 e. The second kappa shape index (κ2) is 8.52. The quantitative estimate of drug-likeness (QED) is 0.595. The van der Waals surface area contributed by atoms with Crippen LogP contribution in [0.2, 0.25) is 0 Å². The van der Waals surface area contributed by atoms with Gasteiger partial charge in [0.1, 0.15) is 5.75 Å². The predicted molar refractivity (Wildman–Crippen MR) is 73.4 cm³/mol. The fraction of sp³-hybridized carbons (Fsp3) is 0.467. The van der Waals surface area contributed by atoms with Crippen LogP contribution in [0.4, 0.5) is 5.69 Å². The third-order valence-electron chi connectivity index (χ3n) is 2.34. The van der Waals surface area contributed by atoms with Crippen molar-refractivity contribution < 1.29 is 4.74 Å². The monoisotopic (exact) mass is 231 g/mol. The number of nitrogens with one attached hydrogen (secondary N) is 1. The van der Waals surface area contributed by atoms with Crippen LogP contribution >= 0.6 is 0 Å². The molecule has 0 aliphatic rings. The highest BCUT2D eigenvalue weighted by molar-refractivity contribution is 5.47. The molecule has 92 valence electrons. The van der Waals surface area contributed by atoms with E-state index in [1.165, 1.54) is 0 Å². The van der Waals surface area contributed by atoms with Crippen LogP contribution in [0, 0.1) is 11.8 Å². The van der Waals surface area contributed by atoms with Crippen LogP contribution in [0.5, 0.6) is 5.75 Å². The average molecular weight is 231 g/mol. The molecule has 1 rings (SSSR count). The molecule has 0 spiro atoms. The minimum absolute atomic E-state index is 0.730. The van der Waals surface area contributed by atoms with Crippen LogP contribution in [-0.2, 0) is 0 Å². The van der Waals surface area contributed by atoms with Crippen molar-refractivity contribution in [1.82, 2.24) is 0 Å². The van der Waals surface area contributed by atoms with Crippen molar-refractivity contribution >= 4 is 5.69 Å². The lowest BCUT2D eigenvalue weighted by Gasteiger charge is -2.06. The van der Waals surface area contributed by atoms with Crippen LogP contribution in [0.1, 0.15) is 32.6 Å². The zero-order valence-corrected chi connectivity index (χ0v) is 10.8. The lowest BCUT2D eigenvalue weighted by molar-refractivity contribution is 0.313. The Kier molecular flexibility index (Phi) is 6.74. The molecule has 0 saturated heterocycles. The molecule has 2 heteroatoms. The Morgan fingerprint density at radius 1 is 1.24 bits per heavy atom. The fourth-order valence-electron chi connectivity index (χ4n) is 1.39. The Morgan fingerprint density at radius 3 is 2.82 bits per heavy atom. The molecule has 1 aromatic carbocycles. The fourth-order valence-corrected chi connectivity index (χ4v) is 1.39. The standard InChI is InChI=1S/C15H21NO/c1-3-4-5-6-7-8-12-17-15-11-9-10-14(13-15)16-2/h9-11,13,16H,3-4,7-8,12H2,1-2H3. The molecule has 0 bridgehead atoms. The van der Waals surface area contributed by atoms with Crippen LogP contribution in [0.3, 0.4) is 0 Å². The molecule has 0 heterocycles. The number of unbranched alkanes of at least 4 members (excludes halogenated alkanes) is 2. The summed E-state index contributed by atoms with van der Waals surface area (Å²) in [5.41, 5.74) is 1.07.